The number of anilines is 2. The molecule has 0 spiro atoms. The normalized spacial score (nSPS) is 17.8. The summed E-state index contributed by atoms with van der Waals surface area (Å²) in [7, 11) is 0. The number of aliphatic hydroxyl groups excluding tert-OH is 1. The Balaban J connectivity index is 1.95. The highest BCUT2D eigenvalue weighted by molar-refractivity contribution is 5.60. The lowest BCUT2D eigenvalue weighted by molar-refractivity contribution is 0.175. The summed E-state index contributed by atoms with van der Waals surface area (Å²) in [4.78, 5) is 8.39. The van der Waals surface area contributed by atoms with Crippen LogP contribution in [0.5, 0.6) is 0 Å². The number of aromatic nitrogens is 2. The average Bonchev–Trinajstić information content (AvgIpc) is 2.74. The number of hydrogen-bond donors (Lipinski definition) is 2. The number of hydrogen-bond acceptors (Lipinski definition) is 4. The van der Waals surface area contributed by atoms with Crippen LogP contribution in [0.2, 0.25) is 0 Å². The molecule has 0 bridgehead atoms. The third kappa shape index (κ3) is 1.87. The number of nitrogens with zero attached hydrogens (tertiary/aromatic N) is 2. The molecule has 4 heteroatoms. The zero-order valence-corrected chi connectivity index (χ0v) is 9.30. The van der Waals surface area contributed by atoms with Crippen molar-refractivity contribution in [1.82, 2.24) is 9.97 Å². The van der Waals surface area contributed by atoms with Gasteiger partial charge in [-0.1, -0.05) is 18.2 Å². The highest BCUT2D eigenvalue weighted by Crippen LogP contribution is 2.33. The zero-order chi connectivity index (χ0) is 11.7. The van der Waals surface area contributed by atoms with Crippen molar-refractivity contribution in [3.05, 3.63) is 47.9 Å². The van der Waals surface area contributed by atoms with Gasteiger partial charge in [-0.15, -0.1) is 0 Å². The minimum atomic E-state index is -0.440. The first-order valence-corrected chi connectivity index (χ1v) is 5.68. The number of rotatable bonds is 2. The van der Waals surface area contributed by atoms with Crippen LogP contribution in [0.3, 0.4) is 0 Å². The van der Waals surface area contributed by atoms with E-state index < -0.39 is 6.10 Å². The Morgan fingerprint density at radius 1 is 1.18 bits per heavy atom. The van der Waals surface area contributed by atoms with E-state index in [1.54, 1.807) is 0 Å². The van der Waals surface area contributed by atoms with Crippen molar-refractivity contribution in [3.63, 3.8) is 0 Å². The molecule has 1 aliphatic rings. The van der Waals surface area contributed by atoms with Crippen LogP contribution in [0, 0.1) is 0 Å². The molecule has 3 rings (SSSR count). The van der Waals surface area contributed by atoms with E-state index in [2.05, 4.69) is 15.3 Å². The summed E-state index contributed by atoms with van der Waals surface area (Å²) in [6, 6.07) is 9.89. The molecule has 0 radical (unpaired) electrons. The van der Waals surface area contributed by atoms with Gasteiger partial charge in [0.15, 0.2) is 0 Å². The van der Waals surface area contributed by atoms with E-state index in [0.717, 1.165) is 35.6 Å². The Morgan fingerprint density at radius 2 is 2.00 bits per heavy atom. The maximum atomic E-state index is 9.75. The van der Waals surface area contributed by atoms with Gasteiger partial charge in [0.1, 0.15) is 12.1 Å². The van der Waals surface area contributed by atoms with E-state index in [4.69, 9.17) is 0 Å². The fourth-order valence-corrected chi connectivity index (χ4v) is 2.14. The lowest BCUT2D eigenvalue weighted by Gasteiger charge is -2.09. The number of para-hydroxylation sites is 1. The van der Waals surface area contributed by atoms with E-state index in [1.807, 2.05) is 30.3 Å². The maximum Gasteiger partial charge on any atom is 0.137 e. The Labute approximate surface area is 99.4 Å². The number of nitrogens with one attached hydrogen (secondary N) is 1. The van der Waals surface area contributed by atoms with Crippen molar-refractivity contribution in [2.24, 2.45) is 0 Å². The van der Waals surface area contributed by atoms with Gasteiger partial charge in [0.2, 0.25) is 0 Å². The molecule has 2 N–H and O–H groups in total. The van der Waals surface area contributed by atoms with Crippen LogP contribution in [0.25, 0.3) is 0 Å². The Hall–Kier alpha value is -1.94. The van der Waals surface area contributed by atoms with E-state index in [9.17, 15) is 5.11 Å². The standard InChI is InChI=1S/C13H13N3O/c17-11-7-6-10-12(11)14-8-15-13(10)16-9-4-2-1-3-5-9/h1-5,8,11,17H,6-7H2,(H,14,15,16). The summed E-state index contributed by atoms with van der Waals surface area (Å²) in [5.41, 5.74) is 2.79. The van der Waals surface area contributed by atoms with E-state index >= 15 is 0 Å². The van der Waals surface area contributed by atoms with Gasteiger partial charge in [-0.3, -0.25) is 0 Å². The second kappa shape index (κ2) is 4.14. The second-order valence-corrected chi connectivity index (χ2v) is 4.13. The van der Waals surface area contributed by atoms with Crippen molar-refractivity contribution in [3.8, 4) is 0 Å². The Morgan fingerprint density at radius 3 is 2.82 bits per heavy atom. The Bertz CT molecular complexity index is 527. The molecule has 1 unspecified atom stereocenters. The van der Waals surface area contributed by atoms with Crippen molar-refractivity contribution in [1.29, 1.82) is 0 Å². The molecule has 0 amide bonds. The molecule has 1 aromatic carbocycles. The maximum absolute atomic E-state index is 9.75. The van der Waals surface area contributed by atoms with Gasteiger partial charge < -0.3 is 10.4 Å². The molecule has 0 saturated carbocycles. The predicted octanol–water partition coefficient (Wildman–Crippen LogP) is 2.20. The van der Waals surface area contributed by atoms with Gasteiger partial charge in [-0.05, 0) is 25.0 Å². The molecular formula is C13H13N3O. The molecular weight excluding hydrogens is 214 g/mol. The molecule has 86 valence electrons. The molecule has 0 saturated heterocycles. The van der Waals surface area contributed by atoms with Gasteiger partial charge in [0, 0.05) is 11.3 Å². The highest BCUT2D eigenvalue weighted by Gasteiger charge is 2.24. The monoisotopic (exact) mass is 227 g/mol. The molecule has 0 fully saturated rings. The quantitative estimate of drug-likeness (QED) is 0.825. The van der Waals surface area contributed by atoms with Crippen LogP contribution < -0.4 is 5.32 Å². The summed E-state index contributed by atoms with van der Waals surface area (Å²) in [5, 5.41) is 13.0. The van der Waals surface area contributed by atoms with Crippen LogP contribution in [0.4, 0.5) is 11.5 Å². The van der Waals surface area contributed by atoms with Crippen molar-refractivity contribution in [2.45, 2.75) is 18.9 Å². The van der Waals surface area contributed by atoms with E-state index in [1.165, 1.54) is 6.33 Å². The predicted molar refractivity (Wildman–Crippen MR) is 65.0 cm³/mol. The van der Waals surface area contributed by atoms with Gasteiger partial charge >= 0.3 is 0 Å². The third-order valence-electron chi connectivity index (χ3n) is 3.00. The smallest absolute Gasteiger partial charge is 0.137 e. The van der Waals surface area contributed by atoms with Crippen molar-refractivity contribution in [2.75, 3.05) is 5.32 Å². The zero-order valence-electron chi connectivity index (χ0n) is 9.30. The third-order valence-corrected chi connectivity index (χ3v) is 3.00. The fourth-order valence-electron chi connectivity index (χ4n) is 2.14. The minimum absolute atomic E-state index is 0.440. The van der Waals surface area contributed by atoms with Gasteiger partial charge in [-0.2, -0.15) is 0 Å². The summed E-state index contributed by atoms with van der Waals surface area (Å²) in [6.07, 6.45) is 2.62. The topological polar surface area (TPSA) is 58.0 Å². The number of benzene rings is 1. The van der Waals surface area contributed by atoms with Gasteiger partial charge in [0.25, 0.3) is 0 Å². The van der Waals surface area contributed by atoms with Crippen LogP contribution in [-0.2, 0) is 6.42 Å². The summed E-state index contributed by atoms with van der Waals surface area (Å²) in [6.45, 7) is 0. The van der Waals surface area contributed by atoms with Crippen LogP contribution >= 0.6 is 0 Å². The highest BCUT2D eigenvalue weighted by atomic mass is 16.3. The Kier molecular flexibility index (Phi) is 2.49. The lowest BCUT2D eigenvalue weighted by Crippen LogP contribution is -2.01. The molecule has 1 aliphatic carbocycles. The number of fused-ring (bicyclic) bond motifs is 1. The summed E-state index contributed by atoms with van der Waals surface area (Å²) >= 11 is 0. The first kappa shape index (κ1) is 10.2. The van der Waals surface area contributed by atoms with Gasteiger partial charge in [0.05, 0.1) is 11.8 Å². The van der Waals surface area contributed by atoms with Crippen LogP contribution in [-0.4, -0.2) is 15.1 Å². The molecule has 2 aromatic rings. The first-order valence-electron chi connectivity index (χ1n) is 5.68. The summed E-state index contributed by atoms with van der Waals surface area (Å²) < 4.78 is 0. The summed E-state index contributed by atoms with van der Waals surface area (Å²) in [5.74, 6) is 0.803. The molecule has 1 heterocycles. The molecule has 17 heavy (non-hydrogen) atoms. The first-order chi connectivity index (χ1) is 8.34. The molecule has 1 aromatic heterocycles. The minimum Gasteiger partial charge on any atom is -0.387 e. The fraction of sp³-hybridized carbons (Fsp3) is 0.231. The molecule has 1 atom stereocenters. The molecule has 4 nitrogen and oxygen atoms in total. The van der Waals surface area contributed by atoms with Gasteiger partial charge in [-0.25, -0.2) is 9.97 Å². The van der Waals surface area contributed by atoms with E-state index in [-0.39, 0.29) is 0 Å². The van der Waals surface area contributed by atoms with E-state index in [0.29, 0.717) is 0 Å². The van der Waals surface area contributed by atoms with Crippen molar-refractivity contribution < 1.29 is 5.11 Å². The molecule has 0 aliphatic heterocycles. The number of aliphatic hydroxyl groups is 1. The van der Waals surface area contributed by atoms with Crippen molar-refractivity contribution >= 4 is 11.5 Å². The SMILES string of the molecule is OC1CCc2c(Nc3ccccc3)ncnc21. The lowest BCUT2D eigenvalue weighted by atomic mass is 10.2. The van der Waals surface area contributed by atoms with Crippen LogP contribution in [0.15, 0.2) is 36.7 Å². The second-order valence-electron chi connectivity index (χ2n) is 4.13. The van der Waals surface area contributed by atoms with Crippen LogP contribution in [0.1, 0.15) is 23.8 Å². The average molecular weight is 227 g/mol. The largest absolute Gasteiger partial charge is 0.387 e.